The Morgan fingerprint density at radius 2 is 1.96 bits per heavy atom. The molecule has 3 aromatic rings. The molecule has 2 aromatic carbocycles. The molecule has 6 nitrogen and oxygen atoms in total. The first kappa shape index (κ1) is 16.9. The summed E-state index contributed by atoms with van der Waals surface area (Å²) in [4.78, 5) is 27.5. The topological polar surface area (TPSA) is 99.5 Å². The molecule has 25 heavy (non-hydrogen) atoms. The zero-order chi connectivity index (χ0) is 18.0. The van der Waals surface area contributed by atoms with E-state index in [1.54, 1.807) is 13.0 Å². The SMILES string of the molecule is Cc1nc(CC(=O)NCc2c(O)ccc3ccccc23)sc1C(=O)O. The number of carbonyl (C=O) groups is 2. The van der Waals surface area contributed by atoms with Crippen molar-refractivity contribution in [2.24, 2.45) is 0 Å². The number of hydrogen-bond donors (Lipinski definition) is 3. The van der Waals surface area contributed by atoms with Gasteiger partial charge in [0.2, 0.25) is 5.91 Å². The van der Waals surface area contributed by atoms with Gasteiger partial charge in [0.05, 0.1) is 12.1 Å². The summed E-state index contributed by atoms with van der Waals surface area (Å²) in [6.07, 6.45) is 0.00428. The molecule has 0 atom stereocenters. The van der Waals surface area contributed by atoms with E-state index in [2.05, 4.69) is 10.3 Å². The van der Waals surface area contributed by atoms with E-state index in [4.69, 9.17) is 5.11 Å². The fourth-order valence-electron chi connectivity index (χ4n) is 2.62. The van der Waals surface area contributed by atoms with Gasteiger partial charge in [-0.15, -0.1) is 11.3 Å². The van der Waals surface area contributed by atoms with Gasteiger partial charge < -0.3 is 15.5 Å². The molecule has 0 aliphatic heterocycles. The van der Waals surface area contributed by atoms with E-state index in [-0.39, 0.29) is 29.5 Å². The molecule has 0 bridgehead atoms. The number of carbonyl (C=O) groups excluding carboxylic acids is 1. The van der Waals surface area contributed by atoms with Gasteiger partial charge in [-0.1, -0.05) is 30.3 Å². The first-order valence-electron chi connectivity index (χ1n) is 7.61. The van der Waals surface area contributed by atoms with Crippen LogP contribution < -0.4 is 5.32 Å². The number of fused-ring (bicyclic) bond motifs is 1. The van der Waals surface area contributed by atoms with Crippen LogP contribution in [-0.2, 0) is 17.8 Å². The van der Waals surface area contributed by atoms with E-state index in [1.165, 1.54) is 0 Å². The zero-order valence-electron chi connectivity index (χ0n) is 13.4. The van der Waals surface area contributed by atoms with Crippen LogP contribution in [0.3, 0.4) is 0 Å². The number of amides is 1. The molecular formula is C18H16N2O4S. The number of phenolic OH excluding ortho intramolecular Hbond substituents is 1. The fraction of sp³-hybridized carbons (Fsp3) is 0.167. The Bertz CT molecular complexity index is 965. The van der Waals surface area contributed by atoms with Crippen molar-refractivity contribution in [1.82, 2.24) is 10.3 Å². The second-order valence-corrected chi connectivity index (χ2v) is 6.65. The summed E-state index contributed by atoms with van der Waals surface area (Å²) < 4.78 is 0. The molecule has 1 aromatic heterocycles. The maximum absolute atomic E-state index is 12.2. The lowest BCUT2D eigenvalue weighted by atomic mass is 10.0. The Hall–Kier alpha value is -2.93. The van der Waals surface area contributed by atoms with Crippen molar-refractivity contribution in [2.75, 3.05) is 0 Å². The van der Waals surface area contributed by atoms with E-state index in [1.807, 2.05) is 30.3 Å². The number of nitrogens with zero attached hydrogens (tertiary/aromatic N) is 1. The molecule has 0 saturated carbocycles. The number of hydrogen-bond acceptors (Lipinski definition) is 5. The Kier molecular flexibility index (Phi) is 4.67. The number of carboxylic acids is 1. The van der Waals surface area contributed by atoms with Crippen LogP contribution >= 0.6 is 11.3 Å². The third kappa shape index (κ3) is 3.61. The van der Waals surface area contributed by atoms with Crippen molar-refractivity contribution >= 4 is 34.0 Å². The lowest BCUT2D eigenvalue weighted by Crippen LogP contribution is -2.24. The standard InChI is InChI=1S/C18H16N2O4S/c1-10-17(18(23)24)25-16(20-10)8-15(22)19-9-13-12-5-3-2-4-11(12)6-7-14(13)21/h2-7,21H,8-9H2,1H3,(H,19,22)(H,23,24). The fourth-order valence-corrected chi connectivity index (χ4v) is 3.53. The smallest absolute Gasteiger partial charge is 0.347 e. The Morgan fingerprint density at radius 3 is 2.68 bits per heavy atom. The monoisotopic (exact) mass is 356 g/mol. The highest BCUT2D eigenvalue weighted by molar-refractivity contribution is 7.13. The van der Waals surface area contributed by atoms with Crippen LogP contribution in [0.1, 0.15) is 25.9 Å². The van der Waals surface area contributed by atoms with Gasteiger partial charge in [0.15, 0.2) is 0 Å². The predicted octanol–water partition coefficient (Wildman–Crippen LogP) is 2.87. The minimum atomic E-state index is -1.04. The number of phenols is 1. The van der Waals surface area contributed by atoms with Gasteiger partial charge in [-0.3, -0.25) is 4.79 Å². The molecule has 7 heteroatoms. The molecule has 0 fully saturated rings. The first-order chi connectivity index (χ1) is 12.0. The molecule has 0 aliphatic carbocycles. The van der Waals surface area contributed by atoms with Gasteiger partial charge in [-0.25, -0.2) is 9.78 Å². The van der Waals surface area contributed by atoms with Gasteiger partial charge in [0.25, 0.3) is 0 Å². The molecule has 0 radical (unpaired) electrons. The van der Waals surface area contributed by atoms with E-state index in [0.29, 0.717) is 16.3 Å². The van der Waals surface area contributed by atoms with Crippen molar-refractivity contribution in [3.63, 3.8) is 0 Å². The van der Waals surface area contributed by atoms with Gasteiger partial charge in [-0.2, -0.15) is 0 Å². The number of aromatic hydroxyl groups is 1. The van der Waals surface area contributed by atoms with Crippen molar-refractivity contribution < 1.29 is 19.8 Å². The van der Waals surface area contributed by atoms with Crippen LogP contribution in [-0.4, -0.2) is 27.1 Å². The number of rotatable bonds is 5. The molecular weight excluding hydrogens is 340 g/mol. The molecule has 1 heterocycles. The molecule has 0 aliphatic rings. The highest BCUT2D eigenvalue weighted by Gasteiger charge is 2.16. The average molecular weight is 356 g/mol. The largest absolute Gasteiger partial charge is 0.508 e. The quantitative estimate of drug-likeness (QED) is 0.653. The van der Waals surface area contributed by atoms with Crippen LogP contribution in [0.4, 0.5) is 0 Å². The molecule has 3 rings (SSSR count). The minimum absolute atomic E-state index is 0.00428. The van der Waals surface area contributed by atoms with Gasteiger partial charge in [-0.05, 0) is 23.8 Å². The molecule has 3 N–H and O–H groups in total. The van der Waals surface area contributed by atoms with E-state index in [0.717, 1.165) is 22.1 Å². The maximum Gasteiger partial charge on any atom is 0.347 e. The van der Waals surface area contributed by atoms with Crippen LogP contribution in [0.15, 0.2) is 36.4 Å². The summed E-state index contributed by atoms with van der Waals surface area (Å²) in [6, 6.07) is 11.0. The highest BCUT2D eigenvalue weighted by atomic mass is 32.1. The van der Waals surface area contributed by atoms with Crippen molar-refractivity contribution in [3.8, 4) is 5.75 Å². The molecule has 0 saturated heterocycles. The van der Waals surface area contributed by atoms with E-state index in [9.17, 15) is 14.7 Å². The molecule has 1 amide bonds. The Morgan fingerprint density at radius 1 is 1.20 bits per heavy atom. The molecule has 128 valence electrons. The van der Waals surface area contributed by atoms with E-state index >= 15 is 0 Å². The number of aromatic carboxylic acids is 1. The van der Waals surface area contributed by atoms with Crippen molar-refractivity contribution in [1.29, 1.82) is 0 Å². The van der Waals surface area contributed by atoms with Crippen LogP contribution in [0.2, 0.25) is 0 Å². The highest BCUT2D eigenvalue weighted by Crippen LogP contribution is 2.27. The lowest BCUT2D eigenvalue weighted by molar-refractivity contribution is -0.120. The average Bonchev–Trinajstić information content (AvgIpc) is 2.94. The second kappa shape index (κ2) is 6.90. The normalized spacial score (nSPS) is 10.8. The van der Waals surface area contributed by atoms with Crippen molar-refractivity contribution in [3.05, 3.63) is 57.5 Å². The zero-order valence-corrected chi connectivity index (χ0v) is 14.3. The summed E-state index contributed by atoms with van der Waals surface area (Å²) in [5.41, 5.74) is 1.06. The Labute approximate surface area is 147 Å². The van der Waals surface area contributed by atoms with Crippen LogP contribution in [0, 0.1) is 6.92 Å². The molecule has 0 spiro atoms. The summed E-state index contributed by atoms with van der Waals surface area (Å²) in [7, 11) is 0. The minimum Gasteiger partial charge on any atom is -0.508 e. The van der Waals surface area contributed by atoms with Gasteiger partial charge >= 0.3 is 5.97 Å². The predicted molar refractivity (Wildman–Crippen MR) is 95.0 cm³/mol. The van der Waals surface area contributed by atoms with Crippen LogP contribution in [0.25, 0.3) is 10.8 Å². The summed E-state index contributed by atoms with van der Waals surface area (Å²) in [6.45, 7) is 1.79. The maximum atomic E-state index is 12.2. The lowest BCUT2D eigenvalue weighted by Gasteiger charge is -2.10. The summed E-state index contributed by atoms with van der Waals surface area (Å²) >= 11 is 1.00. The number of aromatic nitrogens is 1. The third-order valence-corrected chi connectivity index (χ3v) is 4.97. The first-order valence-corrected chi connectivity index (χ1v) is 8.43. The second-order valence-electron chi connectivity index (χ2n) is 5.57. The van der Waals surface area contributed by atoms with Crippen molar-refractivity contribution in [2.45, 2.75) is 19.9 Å². The molecule has 0 unspecified atom stereocenters. The van der Waals surface area contributed by atoms with E-state index < -0.39 is 5.97 Å². The number of thiazole rings is 1. The summed E-state index contributed by atoms with van der Waals surface area (Å²) in [5.74, 6) is -1.20. The van der Waals surface area contributed by atoms with Gasteiger partial charge in [0, 0.05) is 12.1 Å². The Balaban J connectivity index is 1.72. The van der Waals surface area contributed by atoms with Gasteiger partial charge in [0.1, 0.15) is 15.6 Å². The number of nitrogens with one attached hydrogen (secondary N) is 1. The number of aryl methyl sites for hydroxylation is 1. The van der Waals surface area contributed by atoms with Crippen LogP contribution in [0.5, 0.6) is 5.75 Å². The number of carboxylic acid groups (broad SMARTS) is 1. The number of benzene rings is 2. The summed E-state index contributed by atoms with van der Waals surface area (Å²) in [5, 5.41) is 24.2. The third-order valence-electron chi connectivity index (χ3n) is 3.83.